The molecule has 0 radical (unpaired) electrons. The molecule has 0 amide bonds. The van der Waals surface area contributed by atoms with Crippen LogP contribution in [0.1, 0.15) is 50.8 Å². The second-order valence-electron chi connectivity index (χ2n) is 5.66. The maximum Gasteiger partial charge on any atom is 0.133 e. The van der Waals surface area contributed by atoms with Crippen molar-refractivity contribution in [3.8, 4) is 0 Å². The lowest BCUT2D eigenvalue weighted by Gasteiger charge is -2.27. The zero-order chi connectivity index (χ0) is 13.0. The third kappa shape index (κ3) is 3.35. The van der Waals surface area contributed by atoms with Crippen molar-refractivity contribution in [3.63, 3.8) is 0 Å². The van der Waals surface area contributed by atoms with Crippen LogP contribution in [0.2, 0.25) is 0 Å². The van der Waals surface area contributed by atoms with Crippen LogP contribution in [0.3, 0.4) is 0 Å². The summed E-state index contributed by atoms with van der Waals surface area (Å²) in [4.78, 5) is 8.87. The molecule has 1 aromatic rings. The highest BCUT2D eigenvalue weighted by Gasteiger charge is 2.21. The van der Waals surface area contributed by atoms with Gasteiger partial charge in [0.15, 0.2) is 0 Å². The van der Waals surface area contributed by atoms with Crippen LogP contribution < -0.4 is 5.32 Å². The Morgan fingerprint density at radius 1 is 1.22 bits per heavy atom. The molecule has 2 rings (SSSR count). The van der Waals surface area contributed by atoms with E-state index in [0.29, 0.717) is 5.88 Å². The van der Waals surface area contributed by atoms with E-state index in [1.165, 1.54) is 30.5 Å². The normalized spacial score (nSPS) is 15.9. The molecule has 0 saturated heterocycles. The minimum atomic E-state index is -0.0177. The predicted molar refractivity (Wildman–Crippen MR) is 76.3 cm³/mol. The number of alkyl halides is 1. The van der Waals surface area contributed by atoms with Crippen molar-refractivity contribution in [2.75, 3.05) is 11.2 Å². The van der Waals surface area contributed by atoms with E-state index in [1.54, 1.807) is 6.33 Å². The van der Waals surface area contributed by atoms with Gasteiger partial charge in [-0.25, -0.2) is 9.97 Å². The maximum atomic E-state index is 5.85. The molecule has 1 N–H and O–H groups in total. The van der Waals surface area contributed by atoms with Crippen LogP contribution in [0.25, 0.3) is 0 Å². The topological polar surface area (TPSA) is 37.8 Å². The average Bonchev–Trinajstić information content (AvgIpc) is 2.54. The van der Waals surface area contributed by atoms with Crippen LogP contribution in [0.15, 0.2) is 6.33 Å². The summed E-state index contributed by atoms with van der Waals surface area (Å²) in [5, 5.41) is 3.54. The minimum absolute atomic E-state index is 0.0177. The molecule has 0 atom stereocenters. The van der Waals surface area contributed by atoms with Gasteiger partial charge >= 0.3 is 0 Å². The Morgan fingerprint density at radius 3 is 2.78 bits per heavy atom. The second-order valence-corrected chi connectivity index (χ2v) is 6.03. The number of aromatic nitrogens is 2. The van der Waals surface area contributed by atoms with Crippen molar-refractivity contribution >= 4 is 17.4 Å². The Balaban J connectivity index is 2.23. The van der Waals surface area contributed by atoms with Crippen LogP contribution in [0.5, 0.6) is 0 Å². The van der Waals surface area contributed by atoms with E-state index in [-0.39, 0.29) is 5.54 Å². The number of hydrogen-bond donors (Lipinski definition) is 1. The predicted octanol–water partition coefficient (Wildman–Crippen LogP) is 3.56. The number of aryl methyl sites for hydroxylation is 1. The third-order valence-electron chi connectivity index (χ3n) is 3.55. The Hall–Kier alpha value is -0.830. The summed E-state index contributed by atoms with van der Waals surface area (Å²) in [5.41, 5.74) is 2.53. The largest absolute Gasteiger partial charge is 0.365 e. The zero-order valence-corrected chi connectivity index (χ0v) is 12.1. The quantitative estimate of drug-likeness (QED) is 0.670. The van der Waals surface area contributed by atoms with Crippen LogP contribution >= 0.6 is 11.6 Å². The molecule has 0 saturated carbocycles. The van der Waals surface area contributed by atoms with Crippen molar-refractivity contribution < 1.29 is 0 Å². The Kier molecular flexibility index (Phi) is 4.44. The van der Waals surface area contributed by atoms with Gasteiger partial charge in [-0.15, -0.1) is 11.6 Å². The van der Waals surface area contributed by atoms with Crippen molar-refractivity contribution in [2.24, 2.45) is 0 Å². The number of nitrogens with zero attached hydrogens (tertiary/aromatic N) is 2. The highest BCUT2D eigenvalue weighted by atomic mass is 35.5. The van der Waals surface area contributed by atoms with Gasteiger partial charge in [-0.05, 0) is 46.0 Å². The second kappa shape index (κ2) is 5.87. The third-order valence-corrected chi connectivity index (χ3v) is 3.74. The van der Waals surface area contributed by atoms with Crippen LogP contribution in [0.4, 0.5) is 5.82 Å². The highest BCUT2D eigenvalue weighted by molar-refractivity contribution is 6.17. The molecule has 1 heterocycles. The Labute approximate surface area is 114 Å². The maximum absolute atomic E-state index is 5.85. The monoisotopic (exact) mass is 267 g/mol. The molecular formula is C14H22ClN3. The summed E-state index contributed by atoms with van der Waals surface area (Å²) in [6.45, 7) is 4.33. The van der Waals surface area contributed by atoms with Crippen LogP contribution in [0, 0.1) is 0 Å². The molecule has 1 aromatic heterocycles. The van der Waals surface area contributed by atoms with Crippen molar-refractivity contribution in [2.45, 2.75) is 57.9 Å². The molecule has 0 unspecified atom stereocenters. The number of fused-ring (bicyclic) bond motifs is 1. The first-order chi connectivity index (χ1) is 8.62. The Bertz CT molecular complexity index is 404. The van der Waals surface area contributed by atoms with E-state index in [0.717, 1.165) is 25.1 Å². The molecule has 1 aliphatic rings. The number of hydrogen-bond acceptors (Lipinski definition) is 3. The first-order valence-electron chi connectivity index (χ1n) is 6.79. The van der Waals surface area contributed by atoms with Crippen molar-refractivity contribution in [3.05, 3.63) is 17.6 Å². The molecule has 0 fully saturated rings. The fraction of sp³-hybridized carbons (Fsp3) is 0.714. The van der Waals surface area contributed by atoms with E-state index in [9.17, 15) is 0 Å². The van der Waals surface area contributed by atoms with Gasteiger partial charge in [-0.3, -0.25) is 0 Å². The van der Waals surface area contributed by atoms with E-state index in [1.807, 2.05) is 0 Å². The molecule has 0 aromatic carbocycles. The lowest BCUT2D eigenvalue weighted by Crippen LogP contribution is -2.32. The molecular weight excluding hydrogens is 246 g/mol. The van der Waals surface area contributed by atoms with Gasteiger partial charge in [-0.1, -0.05) is 6.42 Å². The van der Waals surface area contributed by atoms with Crippen molar-refractivity contribution in [1.29, 1.82) is 0 Å². The van der Waals surface area contributed by atoms with Gasteiger partial charge in [0.2, 0.25) is 0 Å². The summed E-state index contributed by atoms with van der Waals surface area (Å²) < 4.78 is 0. The summed E-state index contributed by atoms with van der Waals surface area (Å²) in [7, 11) is 0. The highest BCUT2D eigenvalue weighted by Crippen LogP contribution is 2.26. The summed E-state index contributed by atoms with van der Waals surface area (Å²) in [6, 6.07) is 0. The average molecular weight is 268 g/mol. The van der Waals surface area contributed by atoms with E-state index >= 15 is 0 Å². The van der Waals surface area contributed by atoms with Gasteiger partial charge in [0.05, 0.1) is 0 Å². The van der Waals surface area contributed by atoms with Gasteiger partial charge in [-0.2, -0.15) is 0 Å². The lowest BCUT2D eigenvalue weighted by molar-refractivity contribution is 0.546. The van der Waals surface area contributed by atoms with E-state index < -0.39 is 0 Å². The molecule has 0 aliphatic heterocycles. The molecule has 0 bridgehead atoms. The standard InChI is InChI=1S/C14H22ClN3/c1-14(2,8-9-15)18-13-11-6-4-3-5-7-12(11)16-10-17-13/h10H,3-9H2,1-2H3,(H,16,17,18). The number of anilines is 1. The number of rotatable bonds is 4. The molecule has 4 heteroatoms. The number of nitrogens with one attached hydrogen (secondary N) is 1. The van der Waals surface area contributed by atoms with E-state index in [2.05, 4.69) is 29.1 Å². The Morgan fingerprint density at radius 2 is 2.00 bits per heavy atom. The SMILES string of the molecule is CC(C)(CCCl)Nc1ncnc2c1CCCCC2. The summed E-state index contributed by atoms with van der Waals surface area (Å²) in [6.07, 6.45) is 8.56. The van der Waals surface area contributed by atoms with E-state index in [4.69, 9.17) is 11.6 Å². The van der Waals surface area contributed by atoms with Crippen molar-refractivity contribution in [1.82, 2.24) is 9.97 Å². The number of halogens is 1. The van der Waals surface area contributed by atoms with Crippen LogP contribution in [-0.2, 0) is 12.8 Å². The smallest absolute Gasteiger partial charge is 0.133 e. The van der Waals surface area contributed by atoms with Gasteiger partial charge in [0.25, 0.3) is 0 Å². The molecule has 1 aliphatic carbocycles. The summed E-state index contributed by atoms with van der Waals surface area (Å²) >= 11 is 5.85. The molecule has 18 heavy (non-hydrogen) atoms. The molecule has 100 valence electrons. The van der Waals surface area contributed by atoms with Crippen LogP contribution in [-0.4, -0.2) is 21.4 Å². The minimum Gasteiger partial charge on any atom is -0.365 e. The molecule has 0 spiro atoms. The fourth-order valence-electron chi connectivity index (χ4n) is 2.42. The summed E-state index contributed by atoms with van der Waals surface area (Å²) in [5.74, 6) is 1.67. The zero-order valence-electron chi connectivity index (χ0n) is 11.3. The van der Waals surface area contributed by atoms with Gasteiger partial charge < -0.3 is 5.32 Å². The first kappa shape index (κ1) is 13.6. The first-order valence-corrected chi connectivity index (χ1v) is 7.33. The molecule has 3 nitrogen and oxygen atoms in total. The lowest BCUT2D eigenvalue weighted by atomic mass is 10.0. The van der Waals surface area contributed by atoms with Gasteiger partial charge in [0, 0.05) is 22.7 Å². The van der Waals surface area contributed by atoms with Gasteiger partial charge in [0.1, 0.15) is 12.1 Å². The fourth-order valence-corrected chi connectivity index (χ4v) is 2.90.